The van der Waals surface area contributed by atoms with Gasteiger partial charge >= 0.3 is 35.8 Å². The van der Waals surface area contributed by atoms with E-state index in [4.69, 9.17) is 20.4 Å². The maximum Gasteiger partial charge on any atom is 0.325 e. The van der Waals surface area contributed by atoms with Crippen LogP contribution in [0.3, 0.4) is 0 Å². The van der Waals surface area contributed by atoms with Crippen molar-refractivity contribution in [1.82, 2.24) is 9.80 Å². The first-order chi connectivity index (χ1) is 17.0. The molecule has 0 bridgehead atoms. The number of nitrogens with zero attached hydrogens (tertiary/aromatic N) is 2. The highest BCUT2D eigenvalue weighted by atomic mass is 16.4. The monoisotopic (exact) mass is 529 g/mol. The predicted octanol–water partition coefficient (Wildman–Crippen LogP) is -1.46. The third-order valence-electron chi connectivity index (χ3n) is 4.63. The fourth-order valence-electron chi connectivity index (χ4n) is 3.52. The SMILES string of the molecule is CC(=O)Nc1cc(C(C(=O)O)N(CC(=O)O)CC(=O)O)c(O)c(C(C(=O)O)N(CC(=O)O)CC(=O)O)c1. The number of benzene rings is 1. The number of nitrogens with one attached hydrogen (secondary N) is 1. The smallest absolute Gasteiger partial charge is 0.325 e. The summed E-state index contributed by atoms with van der Waals surface area (Å²) in [5, 5.41) is 69.3. The van der Waals surface area contributed by atoms with Gasteiger partial charge in [0.1, 0.15) is 17.8 Å². The molecular weight excluding hydrogens is 506 g/mol. The second kappa shape index (κ2) is 12.8. The van der Waals surface area contributed by atoms with Crippen molar-refractivity contribution in [2.24, 2.45) is 0 Å². The fraction of sp³-hybridized carbons (Fsp3) is 0.350. The van der Waals surface area contributed by atoms with Crippen molar-refractivity contribution in [3.8, 4) is 5.75 Å². The molecule has 1 aromatic carbocycles. The van der Waals surface area contributed by atoms with Gasteiger partial charge in [0.05, 0.1) is 26.2 Å². The minimum Gasteiger partial charge on any atom is -0.507 e. The van der Waals surface area contributed by atoms with Gasteiger partial charge in [0.15, 0.2) is 0 Å². The summed E-state index contributed by atoms with van der Waals surface area (Å²) in [5.74, 6) is -12.2. The number of carboxylic acid groups (broad SMARTS) is 6. The number of phenols is 1. The molecule has 0 heterocycles. The van der Waals surface area contributed by atoms with E-state index in [1.54, 1.807) is 0 Å². The molecule has 37 heavy (non-hydrogen) atoms. The minimum absolute atomic E-state index is 0.344. The number of carbonyl (C=O) groups is 7. The van der Waals surface area contributed by atoms with Crippen LogP contribution in [-0.4, -0.2) is 113 Å². The standard InChI is InChI=1S/C20H23N3O14/c1-8(24)21-9-2-10(16(19(34)35)22(4-12(25)26)5-13(27)28)18(33)11(3-9)17(20(36)37)23(6-14(29)30)7-15(31)32/h2-3,16-17,33H,4-7H2,1H3,(H,21,24)(H,25,26)(H,27,28)(H,29,30)(H,31,32)(H,34,35)(H,36,37). The molecule has 8 N–H and O–H groups in total. The molecule has 0 aliphatic rings. The Bertz CT molecular complexity index is 1010. The topological polar surface area (TPSA) is 280 Å². The van der Waals surface area contributed by atoms with Crippen molar-refractivity contribution in [2.75, 3.05) is 31.5 Å². The summed E-state index contributed by atoms with van der Waals surface area (Å²) in [6, 6.07) is -2.79. The van der Waals surface area contributed by atoms with E-state index in [2.05, 4.69) is 5.32 Å². The van der Waals surface area contributed by atoms with Crippen molar-refractivity contribution in [3.63, 3.8) is 0 Å². The summed E-state index contributed by atoms with van der Waals surface area (Å²) in [6.45, 7) is -3.62. The molecule has 1 aromatic rings. The van der Waals surface area contributed by atoms with Gasteiger partial charge in [0.2, 0.25) is 5.91 Å². The normalized spacial score (nSPS) is 12.5. The number of aromatic hydroxyl groups is 1. The molecular formula is C20H23N3O14. The van der Waals surface area contributed by atoms with Gasteiger partial charge in [-0.1, -0.05) is 0 Å². The molecule has 0 aliphatic carbocycles. The van der Waals surface area contributed by atoms with Crippen LogP contribution in [0.2, 0.25) is 0 Å². The molecule has 1 rings (SSSR count). The zero-order valence-electron chi connectivity index (χ0n) is 19.0. The van der Waals surface area contributed by atoms with Crippen LogP contribution in [0, 0.1) is 0 Å². The van der Waals surface area contributed by atoms with E-state index in [-0.39, 0.29) is 5.69 Å². The lowest BCUT2D eigenvalue weighted by atomic mass is 9.94. The molecule has 2 unspecified atom stereocenters. The number of phenolic OH excluding ortho intramolecular Hbond substituents is 1. The Hall–Kier alpha value is -4.77. The molecule has 0 saturated heterocycles. The van der Waals surface area contributed by atoms with Crippen LogP contribution in [0.25, 0.3) is 0 Å². The number of aliphatic carboxylic acids is 6. The predicted molar refractivity (Wildman–Crippen MR) is 117 cm³/mol. The first-order valence-electron chi connectivity index (χ1n) is 10.00. The van der Waals surface area contributed by atoms with Crippen molar-refractivity contribution in [3.05, 3.63) is 23.3 Å². The Kier molecular flexibility index (Phi) is 10.5. The average Bonchev–Trinajstić information content (AvgIpc) is 2.68. The highest BCUT2D eigenvalue weighted by molar-refractivity contribution is 5.91. The zero-order valence-corrected chi connectivity index (χ0v) is 19.0. The number of anilines is 1. The lowest BCUT2D eigenvalue weighted by molar-refractivity contribution is -0.152. The number of carbonyl (C=O) groups excluding carboxylic acids is 1. The summed E-state index contributed by atoms with van der Waals surface area (Å²) in [7, 11) is 0. The lowest BCUT2D eigenvalue weighted by Crippen LogP contribution is -2.42. The number of hydrogen-bond donors (Lipinski definition) is 8. The van der Waals surface area contributed by atoms with Crippen LogP contribution in [0.5, 0.6) is 5.75 Å². The van der Waals surface area contributed by atoms with E-state index in [9.17, 15) is 48.9 Å². The van der Waals surface area contributed by atoms with Gasteiger partial charge in [0, 0.05) is 23.7 Å². The quantitative estimate of drug-likeness (QED) is 0.120. The Morgan fingerprint density at radius 2 is 0.973 bits per heavy atom. The van der Waals surface area contributed by atoms with Gasteiger partial charge in [-0.05, 0) is 12.1 Å². The highest BCUT2D eigenvalue weighted by Gasteiger charge is 2.38. The van der Waals surface area contributed by atoms with Crippen molar-refractivity contribution in [2.45, 2.75) is 19.0 Å². The van der Waals surface area contributed by atoms with Gasteiger partial charge in [-0.25, -0.2) is 0 Å². The summed E-state index contributed by atoms with van der Waals surface area (Å²) in [6.07, 6.45) is 0. The van der Waals surface area contributed by atoms with E-state index in [1.165, 1.54) is 0 Å². The van der Waals surface area contributed by atoms with Crippen LogP contribution < -0.4 is 5.32 Å². The van der Waals surface area contributed by atoms with Gasteiger partial charge in [-0.15, -0.1) is 0 Å². The molecule has 0 spiro atoms. The first-order valence-corrected chi connectivity index (χ1v) is 10.00. The fourth-order valence-corrected chi connectivity index (χ4v) is 3.52. The van der Waals surface area contributed by atoms with E-state index in [1.807, 2.05) is 0 Å². The first kappa shape index (κ1) is 30.3. The molecule has 17 heteroatoms. The highest BCUT2D eigenvalue weighted by Crippen LogP contribution is 2.39. The summed E-state index contributed by atoms with van der Waals surface area (Å²) in [4.78, 5) is 81.8. The Morgan fingerprint density at radius 3 is 1.19 bits per heavy atom. The second-order valence-electron chi connectivity index (χ2n) is 7.55. The maximum absolute atomic E-state index is 12.1. The largest absolute Gasteiger partial charge is 0.507 e. The van der Waals surface area contributed by atoms with Crippen LogP contribution >= 0.6 is 0 Å². The maximum atomic E-state index is 12.1. The third-order valence-corrected chi connectivity index (χ3v) is 4.63. The lowest BCUT2D eigenvalue weighted by Gasteiger charge is -2.30. The van der Waals surface area contributed by atoms with Gasteiger partial charge in [-0.3, -0.25) is 43.4 Å². The van der Waals surface area contributed by atoms with Gasteiger partial charge in [0.25, 0.3) is 0 Å². The average molecular weight is 529 g/mol. The van der Waals surface area contributed by atoms with E-state index in [0.29, 0.717) is 9.80 Å². The summed E-state index contributed by atoms with van der Waals surface area (Å²) < 4.78 is 0. The molecule has 0 aliphatic heterocycles. The van der Waals surface area contributed by atoms with Gasteiger partial charge in [-0.2, -0.15) is 0 Å². The number of carboxylic acids is 6. The second-order valence-corrected chi connectivity index (χ2v) is 7.55. The van der Waals surface area contributed by atoms with Crippen LogP contribution in [0.15, 0.2) is 12.1 Å². The molecule has 0 fully saturated rings. The molecule has 0 radical (unpaired) electrons. The van der Waals surface area contributed by atoms with E-state index >= 15 is 0 Å². The number of rotatable bonds is 15. The van der Waals surface area contributed by atoms with Crippen molar-refractivity contribution >= 4 is 47.4 Å². The Morgan fingerprint density at radius 1 is 0.676 bits per heavy atom. The number of hydrogen-bond acceptors (Lipinski definition) is 10. The molecule has 1 amide bonds. The summed E-state index contributed by atoms with van der Waals surface area (Å²) in [5.41, 5.74) is -1.86. The van der Waals surface area contributed by atoms with Crippen LogP contribution in [-0.2, 0) is 33.6 Å². The molecule has 0 saturated carbocycles. The van der Waals surface area contributed by atoms with E-state index < -0.39 is 96.9 Å². The molecule has 17 nitrogen and oxygen atoms in total. The number of amides is 1. The molecule has 2 atom stereocenters. The van der Waals surface area contributed by atoms with Crippen molar-refractivity contribution < 1.29 is 69.3 Å². The molecule has 0 aromatic heterocycles. The van der Waals surface area contributed by atoms with Gasteiger partial charge < -0.3 is 41.1 Å². The van der Waals surface area contributed by atoms with E-state index in [0.717, 1.165) is 19.1 Å². The van der Waals surface area contributed by atoms with Crippen molar-refractivity contribution in [1.29, 1.82) is 0 Å². The zero-order chi connectivity index (χ0) is 28.6. The van der Waals surface area contributed by atoms with Crippen LogP contribution in [0.1, 0.15) is 30.1 Å². The minimum atomic E-state index is -2.22. The Labute approximate surface area is 206 Å². The summed E-state index contributed by atoms with van der Waals surface area (Å²) >= 11 is 0. The Balaban J connectivity index is 4.00. The third kappa shape index (κ3) is 8.75. The molecule has 202 valence electrons. The van der Waals surface area contributed by atoms with Crippen LogP contribution in [0.4, 0.5) is 5.69 Å².